The van der Waals surface area contributed by atoms with Gasteiger partial charge in [-0.2, -0.15) is 0 Å². The molecular weight excluding hydrogens is 331 g/mol. The number of nitrogens with zero attached hydrogens (tertiary/aromatic N) is 2. The van der Waals surface area contributed by atoms with Crippen molar-refractivity contribution in [2.24, 2.45) is 4.99 Å². The zero-order valence-electron chi connectivity index (χ0n) is 15.9. The van der Waals surface area contributed by atoms with Crippen molar-refractivity contribution >= 4 is 17.6 Å². The molecule has 5 heteroatoms. The fourth-order valence-electron chi connectivity index (χ4n) is 2.50. The number of methoxy groups -OCH3 is 2. The van der Waals surface area contributed by atoms with Gasteiger partial charge < -0.3 is 14.8 Å². The van der Waals surface area contributed by atoms with Crippen molar-refractivity contribution in [3.8, 4) is 11.5 Å². The molecule has 0 aliphatic rings. The molecule has 0 aliphatic heterocycles. The summed E-state index contributed by atoms with van der Waals surface area (Å²) >= 11 is 0. The average Bonchev–Trinajstić information content (AvgIpc) is 2.72. The third-order valence-electron chi connectivity index (χ3n) is 3.94. The molecule has 3 rings (SSSR count). The number of ether oxygens (including phenoxy) is 2. The van der Waals surface area contributed by atoms with Gasteiger partial charge in [-0.1, -0.05) is 54.1 Å². The van der Waals surface area contributed by atoms with E-state index in [9.17, 15) is 0 Å². The third kappa shape index (κ3) is 5.92. The maximum Gasteiger partial charge on any atom is 1.00 e. The molecule has 0 amide bonds. The van der Waals surface area contributed by atoms with Gasteiger partial charge >= 0.3 is 18.9 Å². The van der Waals surface area contributed by atoms with Crippen LogP contribution in [-0.4, -0.2) is 20.4 Å². The molecule has 0 heterocycles. The first-order valence-corrected chi connectivity index (χ1v) is 8.36. The molecule has 0 aliphatic carbocycles. The maximum atomic E-state index is 5.20. The van der Waals surface area contributed by atoms with E-state index in [1.807, 2.05) is 72.9 Å². The first kappa shape index (κ1) is 20.6. The minimum absolute atomic E-state index is 0. The van der Waals surface area contributed by atoms with Gasteiger partial charge in [-0.15, -0.1) is 5.69 Å². The summed E-state index contributed by atoms with van der Waals surface area (Å²) in [5.74, 6) is 1.62. The molecule has 0 saturated heterocycles. The van der Waals surface area contributed by atoms with Crippen LogP contribution in [0.2, 0.25) is 0 Å². The SMILES string of the molecule is COc1ccc(N=C[C@H]([N-]c2ccc(OC)cc2)c2ccccc2)cc1.[Li+]. The van der Waals surface area contributed by atoms with Crippen LogP contribution in [0, 0.1) is 0 Å². The predicted octanol–water partition coefficient (Wildman–Crippen LogP) is 2.86. The molecule has 0 N–H and O–H groups in total. The van der Waals surface area contributed by atoms with Gasteiger partial charge in [-0.25, -0.2) is 0 Å². The van der Waals surface area contributed by atoms with Crippen LogP contribution in [0.4, 0.5) is 11.4 Å². The topological polar surface area (TPSA) is 44.9 Å². The Labute approximate surface area is 172 Å². The monoisotopic (exact) mass is 352 g/mol. The second-order valence-corrected chi connectivity index (χ2v) is 5.66. The molecule has 0 unspecified atom stereocenters. The Morgan fingerprint density at radius 2 is 1.33 bits per heavy atom. The van der Waals surface area contributed by atoms with Crippen molar-refractivity contribution in [2.75, 3.05) is 14.2 Å². The number of hydrogen-bond donors (Lipinski definition) is 0. The van der Waals surface area contributed by atoms with Crippen LogP contribution < -0.4 is 28.3 Å². The Balaban J connectivity index is 0.00000261. The average molecular weight is 352 g/mol. The zero-order valence-corrected chi connectivity index (χ0v) is 15.9. The number of rotatable bonds is 7. The van der Waals surface area contributed by atoms with E-state index in [1.54, 1.807) is 14.2 Å². The van der Waals surface area contributed by atoms with Gasteiger partial charge in [0, 0.05) is 0 Å². The predicted molar refractivity (Wildman–Crippen MR) is 106 cm³/mol. The molecule has 0 saturated carbocycles. The van der Waals surface area contributed by atoms with Crippen LogP contribution in [0.3, 0.4) is 0 Å². The van der Waals surface area contributed by atoms with E-state index < -0.39 is 0 Å². The van der Waals surface area contributed by atoms with Gasteiger partial charge in [0.1, 0.15) is 11.5 Å². The quantitative estimate of drug-likeness (QED) is 0.485. The molecule has 0 bridgehead atoms. The largest absolute Gasteiger partial charge is 1.00 e. The smallest absolute Gasteiger partial charge is 0.674 e. The van der Waals surface area contributed by atoms with Gasteiger partial charge in [0.15, 0.2) is 0 Å². The van der Waals surface area contributed by atoms with Crippen molar-refractivity contribution in [2.45, 2.75) is 6.04 Å². The zero-order chi connectivity index (χ0) is 18.2. The van der Waals surface area contributed by atoms with E-state index in [0.717, 1.165) is 28.4 Å². The summed E-state index contributed by atoms with van der Waals surface area (Å²) in [7, 11) is 3.30. The van der Waals surface area contributed by atoms with E-state index in [1.165, 1.54) is 0 Å². The fraction of sp³-hybridized carbons (Fsp3) is 0.136. The van der Waals surface area contributed by atoms with Crippen molar-refractivity contribution in [3.63, 3.8) is 0 Å². The number of benzene rings is 3. The summed E-state index contributed by atoms with van der Waals surface area (Å²) in [6.45, 7) is 0. The fourth-order valence-corrected chi connectivity index (χ4v) is 2.50. The summed E-state index contributed by atoms with van der Waals surface area (Å²) in [5, 5.41) is 4.82. The molecule has 27 heavy (non-hydrogen) atoms. The van der Waals surface area contributed by atoms with Gasteiger partial charge in [0.25, 0.3) is 0 Å². The Hall–Kier alpha value is -2.67. The van der Waals surface area contributed by atoms with Crippen molar-refractivity contribution < 1.29 is 28.3 Å². The van der Waals surface area contributed by atoms with Gasteiger partial charge in [-0.3, -0.25) is 4.99 Å². The summed E-state index contributed by atoms with van der Waals surface area (Å²) in [6.07, 6.45) is 1.86. The third-order valence-corrected chi connectivity index (χ3v) is 3.94. The van der Waals surface area contributed by atoms with Crippen LogP contribution in [0.25, 0.3) is 5.32 Å². The normalized spacial score (nSPS) is 11.5. The van der Waals surface area contributed by atoms with Crippen LogP contribution in [-0.2, 0) is 0 Å². The van der Waals surface area contributed by atoms with Crippen LogP contribution in [0.5, 0.6) is 11.5 Å². The molecule has 1 atom stereocenters. The molecule has 3 aromatic carbocycles. The molecule has 0 spiro atoms. The van der Waals surface area contributed by atoms with Crippen molar-refractivity contribution in [1.82, 2.24) is 0 Å². The molecule has 0 fully saturated rings. The van der Waals surface area contributed by atoms with E-state index in [0.29, 0.717) is 0 Å². The van der Waals surface area contributed by atoms with Gasteiger partial charge in [0.2, 0.25) is 0 Å². The second-order valence-electron chi connectivity index (χ2n) is 5.66. The Morgan fingerprint density at radius 3 is 1.89 bits per heavy atom. The minimum Gasteiger partial charge on any atom is -0.674 e. The van der Waals surface area contributed by atoms with E-state index in [-0.39, 0.29) is 24.9 Å². The first-order valence-electron chi connectivity index (χ1n) is 8.36. The maximum absolute atomic E-state index is 5.20. The second kappa shape index (κ2) is 10.5. The Kier molecular flexibility index (Phi) is 8.00. The Bertz CT molecular complexity index is 834. The molecule has 0 aromatic heterocycles. The van der Waals surface area contributed by atoms with E-state index in [4.69, 9.17) is 14.8 Å². The molecule has 4 nitrogen and oxygen atoms in total. The van der Waals surface area contributed by atoms with Crippen molar-refractivity contribution in [3.05, 3.63) is 89.7 Å². The van der Waals surface area contributed by atoms with E-state index in [2.05, 4.69) is 17.1 Å². The van der Waals surface area contributed by atoms with Crippen LogP contribution >= 0.6 is 0 Å². The summed E-state index contributed by atoms with van der Waals surface area (Å²) in [4.78, 5) is 4.59. The Morgan fingerprint density at radius 1 is 0.778 bits per heavy atom. The number of hydrogen-bond acceptors (Lipinski definition) is 3. The summed E-state index contributed by atoms with van der Waals surface area (Å²) < 4.78 is 10.4. The molecule has 0 radical (unpaired) electrons. The van der Waals surface area contributed by atoms with Crippen LogP contribution in [0.15, 0.2) is 83.9 Å². The van der Waals surface area contributed by atoms with Gasteiger partial charge in [-0.05, 0) is 42.6 Å². The van der Waals surface area contributed by atoms with E-state index >= 15 is 0 Å². The van der Waals surface area contributed by atoms with Gasteiger partial charge in [0.05, 0.1) is 19.9 Å². The molecule has 132 valence electrons. The molecular formula is C22H21LiN2O2. The first-order chi connectivity index (χ1) is 12.8. The summed E-state index contributed by atoms with van der Waals surface area (Å²) in [5.41, 5.74) is 2.82. The molecule has 3 aromatic rings. The standard InChI is InChI=1S/C22H21N2O2.Li/c1-25-20-12-8-18(9-13-20)23-16-22(17-6-4-3-5-7-17)24-19-10-14-21(26-2)15-11-19;/h3-16,22H,1-2H3;/q-1;+1/t22-;/m0./s1. The van der Waals surface area contributed by atoms with Crippen LogP contribution in [0.1, 0.15) is 11.6 Å². The number of aliphatic imine (C=N–C) groups is 1. The van der Waals surface area contributed by atoms with Crippen molar-refractivity contribution in [1.29, 1.82) is 0 Å². The minimum atomic E-state index is -0.174. The summed E-state index contributed by atoms with van der Waals surface area (Å²) in [6, 6.07) is 25.3.